The first kappa shape index (κ1) is 36.9. The van der Waals surface area contributed by atoms with Gasteiger partial charge in [0.25, 0.3) is 11.8 Å². The van der Waals surface area contributed by atoms with Crippen LogP contribution in [0, 0.1) is 23.7 Å². The summed E-state index contributed by atoms with van der Waals surface area (Å²) in [4.78, 5) is 71.5. The SMILES string of the molecule is COc1ccc([C@@]23C(=O)N(Nc4ccc(Cl)cc4Cl)C(=O)[C@@H]2C[C@@H]2C(=CC[C@@H]4C(=O)N(c5ccc(C(=O)O)c(O)c5)C(=O)[C@@H]42)[C@@H]3c2ccc(OC)cc2O)cc1. The molecule has 0 aromatic heterocycles. The van der Waals surface area contributed by atoms with Crippen molar-refractivity contribution in [3.05, 3.63) is 117 Å². The van der Waals surface area contributed by atoms with E-state index in [0.29, 0.717) is 27.7 Å². The second-order valence-electron chi connectivity index (χ2n) is 14.2. The number of carboxylic acid groups (broad SMARTS) is 1. The van der Waals surface area contributed by atoms with Crippen LogP contribution in [0.3, 0.4) is 0 Å². The molecule has 15 heteroatoms. The number of hydrogen-bond acceptors (Lipinski definition) is 10. The first-order valence-corrected chi connectivity index (χ1v) is 18.3. The summed E-state index contributed by atoms with van der Waals surface area (Å²) in [7, 11) is 2.94. The number of phenols is 2. The Morgan fingerprint density at radius 3 is 2.18 bits per heavy atom. The number of carbonyl (C=O) groups is 5. The van der Waals surface area contributed by atoms with Gasteiger partial charge in [-0.3, -0.25) is 24.6 Å². The van der Waals surface area contributed by atoms with Gasteiger partial charge in [-0.15, -0.1) is 0 Å². The number of ether oxygens (including phenoxy) is 2. The summed E-state index contributed by atoms with van der Waals surface area (Å²) in [5.41, 5.74) is 2.35. The van der Waals surface area contributed by atoms with E-state index in [9.17, 15) is 34.5 Å². The van der Waals surface area contributed by atoms with Gasteiger partial charge in [-0.1, -0.05) is 53.1 Å². The lowest BCUT2D eigenvalue weighted by molar-refractivity contribution is -0.138. The van der Waals surface area contributed by atoms with E-state index >= 15 is 4.79 Å². The molecule has 2 aliphatic heterocycles. The zero-order valence-electron chi connectivity index (χ0n) is 29.7. The zero-order chi connectivity index (χ0) is 39.8. The number of carbonyl (C=O) groups excluding carboxylic acids is 4. The van der Waals surface area contributed by atoms with Gasteiger partial charge in [-0.05, 0) is 72.9 Å². The molecule has 0 spiro atoms. The Bertz CT molecular complexity index is 2400. The topological polar surface area (TPSA) is 183 Å². The number of nitrogens with zero attached hydrogens (tertiary/aromatic N) is 2. The lowest BCUT2D eigenvalue weighted by Gasteiger charge is -2.50. The molecule has 4 amide bonds. The van der Waals surface area contributed by atoms with Gasteiger partial charge in [0.2, 0.25) is 11.8 Å². The Morgan fingerprint density at radius 2 is 1.54 bits per heavy atom. The predicted octanol–water partition coefficient (Wildman–Crippen LogP) is 6.31. The fraction of sp³-hybridized carbons (Fsp3) is 0.244. The fourth-order valence-electron chi connectivity index (χ4n) is 9.18. The molecule has 0 unspecified atom stereocenters. The number of methoxy groups -OCH3 is 2. The van der Waals surface area contributed by atoms with Gasteiger partial charge < -0.3 is 24.8 Å². The van der Waals surface area contributed by atoms with Gasteiger partial charge in [-0.2, -0.15) is 5.01 Å². The van der Waals surface area contributed by atoms with Crippen LogP contribution in [0.5, 0.6) is 23.0 Å². The highest BCUT2D eigenvalue weighted by Gasteiger charge is 2.70. The highest BCUT2D eigenvalue weighted by atomic mass is 35.5. The van der Waals surface area contributed by atoms with Crippen molar-refractivity contribution < 1.29 is 48.8 Å². The van der Waals surface area contributed by atoms with Crippen LogP contribution in [0.25, 0.3) is 0 Å². The van der Waals surface area contributed by atoms with Crippen molar-refractivity contribution >= 4 is 64.2 Å². The Hall–Kier alpha value is -6.05. The van der Waals surface area contributed by atoms with E-state index in [4.69, 9.17) is 32.7 Å². The van der Waals surface area contributed by atoms with Crippen molar-refractivity contribution in [2.45, 2.75) is 24.2 Å². The summed E-state index contributed by atoms with van der Waals surface area (Å²) in [6.45, 7) is 0. The molecule has 6 atom stereocenters. The van der Waals surface area contributed by atoms with E-state index in [1.165, 1.54) is 38.5 Å². The van der Waals surface area contributed by atoms with Crippen molar-refractivity contribution in [1.82, 2.24) is 5.01 Å². The maximum absolute atomic E-state index is 15.4. The smallest absolute Gasteiger partial charge is 0.339 e. The van der Waals surface area contributed by atoms with Crippen LogP contribution in [0.2, 0.25) is 10.0 Å². The average molecular weight is 799 g/mol. The molecule has 0 radical (unpaired) electrons. The molecule has 3 fully saturated rings. The van der Waals surface area contributed by atoms with Crippen molar-refractivity contribution in [3.63, 3.8) is 0 Å². The van der Waals surface area contributed by atoms with Crippen LogP contribution in [0.4, 0.5) is 11.4 Å². The van der Waals surface area contributed by atoms with Crippen molar-refractivity contribution in [2.24, 2.45) is 23.7 Å². The summed E-state index contributed by atoms with van der Waals surface area (Å²) in [5.74, 6) is -8.67. The number of rotatable bonds is 8. The maximum atomic E-state index is 15.4. The van der Waals surface area contributed by atoms with E-state index in [2.05, 4.69) is 5.43 Å². The molecule has 2 aliphatic carbocycles. The normalized spacial score (nSPS) is 25.4. The molecule has 2 saturated heterocycles. The molecular weight excluding hydrogens is 765 g/mol. The lowest BCUT2D eigenvalue weighted by Crippen LogP contribution is -2.53. The number of phenolic OH excluding ortho intramolecular Hbond substituents is 1. The van der Waals surface area contributed by atoms with Crippen LogP contribution in [-0.2, 0) is 24.6 Å². The Balaban J connectivity index is 1.32. The molecule has 1 saturated carbocycles. The second kappa shape index (κ2) is 13.6. The largest absolute Gasteiger partial charge is 0.508 e. The Kier molecular flexibility index (Phi) is 8.97. The highest BCUT2D eigenvalue weighted by Crippen LogP contribution is 2.65. The third-order valence-electron chi connectivity index (χ3n) is 11.6. The number of allylic oxidation sites excluding steroid dienone is 2. The van der Waals surface area contributed by atoms with Crippen molar-refractivity contribution in [3.8, 4) is 23.0 Å². The molecule has 0 bridgehead atoms. The number of carboxylic acids is 1. The Morgan fingerprint density at radius 1 is 0.821 bits per heavy atom. The van der Waals surface area contributed by atoms with Crippen LogP contribution in [0.15, 0.2) is 90.5 Å². The first-order chi connectivity index (χ1) is 26.8. The quantitative estimate of drug-likeness (QED) is 0.116. The number of hydrogen-bond donors (Lipinski definition) is 4. The van der Waals surface area contributed by atoms with E-state index in [1.807, 2.05) is 6.08 Å². The van der Waals surface area contributed by atoms with Gasteiger partial charge in [0, 0.05) is 28.6 Å². The number of imide groups is 2. The molecular formula is C41H33Cl2N3O10. The molecule has 13 nitrogen and oxygen atoms in total. The standard InChI is InChI=1S/C41H33Cl2N3O10/c1-55-22-7-3-19(4-8-22)41-29(37(50)46(40(41)54)44-31-14-5-20(42)15-30(31)43)18-28-24(35(41)25-11-9-23(56-2)17-33(25)48)12-13-27-34(28)38(51)45(36(27)49)21-6-10-26(39(52)53)32(47)16-21/h3-12,14-17,27-29,34-35,44,47-48H,13,18H2,1-2H3,(H,52,53)/t27-,28+,29-,34-,35+,41+/m0/s1. The third kappa shape index (κ3) is 5.40. The van der Waals surface area contributed by atoms with E-state index in [1.54, 1.807) is 42.5 Å². The van der Waals surface area contributed by atoms with Gasteiger partial charge in [0.05, 0.1) is 53.8 Å². The molecule has 4 N–H and O–H groups in total. The summed E-state index contributed by atoms with van der Waals surface area (Å²) < 4.78 is 10.8. The van der Waals surface area contributed by atoms with Gasteiger partial charge >= 0.3 is 5.97 Å². The molecule has 8 rings (SSSR count). The third-order valence-corrected chi connectivity index (χ3v) is 12.1. The number of aromatic hydroxyl groups is 2. The summed E-state index contributed by atoms with van der Waals surface area (Å²) >= 11 is 12.7. The van der Waals surface area contributed by atoms with Crippen LogP contribution >= 0.6 is 23.2 Å². The van der Waals surface area contributed by atoms with Crippen molar-refractivity contribution in [2.75, 3.05) is 24.5 Å². The number of hydrazine groups is 1. The van der Waals surface area contributed by atoms with Crippen LogP contribution < -0.4 is 19.8 Å². The van der Waals surface area contributed by atoms with Gasteiger partial charge in [0.15, 0.2) is 0 Å². The molecule has 56 heavy (non-hydrogen) atoms. The minimum absolute atomic E-state index is 0.00599. The molecule has 4 aliphatic rings. The summed E-state index contributed by atoms with van der Waals surface area (Å²) in [5, 5.41) is 33.1. The molecule has 4 aromatic carbocycles. The van der Waals surface area contributed by atoms with Crippen LogP contribution in [0.1, 0.15) is 40.2 Å². The van der Waals surface area contributed by atoms with E-state index in [0.717, 1.165) is 22.0 Å². The summed E-state index contributed by atoms with van der Waals surface area (Å²) in [6.07, 6.45) is 1.86. The second-order valence-corrected chi connectivity index (χ2v) is 15.0. The van der Waals surface area contributed by atoms with Crippen molar-refractivity contribution in [1.29, 1.82) is 0 Å². The minimum Gasteiger partial charge on any atom is -0.508 e. The number of aromatic carboxylic acids is 1. The zero-order valence-corrected chi connectivity index (χ0v) is 31.2. The predicted molar refractivity (Wildman–Crippen MR) is 203 cm³/mol. The maximum Gasteiger partial charge on any atom is 0.339 e. The Labute approximate surface area is 329 Å². The van der Waals surface area contributed by atoms with E-state index in [-0.39, 0.29) is 40.6 Å². The average Bonchev–Trinajstić information content (AvgIpc) is 3.56. The number of halogens is 2. The first-order valence-electron chi connectivity index (χ1n) is 17.6. The monoisotopic (exact) mass is 797 g/mol. The van der Waals surface area contributed by atoms with Gasteiger partial charge in [-0.25, -0.2) is 9.69 Å². The van der Waals surface area contributed by atoms with Gasteiger partial charge in [0.1, 0.15) is 28.6 Å². The van der Waals surface area contributed by atoms with Crippen LogP contribution in [-0.4, -0.2) is 64.1 Å². The minimum atomic E-state index is -1.71. The lowest BCUT2D eigenvalue weighted by atomic mass is 9.49. The molecule has 2 heterocycles. The number of anilines is 2. The fourth-order valence-corrected chi connectivity index (χ4v) is 9.63. The summed E-state index contributed by atoms with van der Waals surface area (Å²) in [6, 6.07) is 19.4. The number of fused-ring (bicyclic) bond motifs is 4. The number of benzene rings is 4. The number of nitrogens with one attached hydrogen (secondary N) is 1. The highest BCUT2D eigenvalue weighted by molar-refractivity contribution is 6.36. The molecule has 4 aromatic rings. The van der Waals surface area contributed by atoms with E-state index < -0.39 is 75.9 Å². The molecule has 286 valence electrons. The number of amides is 4.